The molecule has 6 heteroatoms. The summed E-state index contributed by atoms with van der Waals surface area (Å²) in [5.74, 6) is -0.858. The lowest BCUT2D eigenvalue weighted by Crippen LogP contribution is -2.42. The Bertz CT molecular complexity index is 833. The minimum absolute atomic E-state index is 0.199. The lowest BCUT2D eigenvalue weighted by molar-refractivity contribution is -0.122. The number of benzene rings is 2. The molecule has 0 saturated heterocycles. The molecule has 0 aromatic heterocycles. The van der Waals surface area contributed by atoms with E-state index in [1.54, 1.807) is 25.1 Å². The van der Waals surface area contributed by atoms with Crippen molar-refractivity contribution in [2.45, 2.75) is 13.0 Å². The number of hydrogen-bond donors (Lipinski definition) is 1. The Balaban J connectivity index is 2.24. The Morgan fingerprint density at radius 2 is 1.96 bits per heavy atom. The molecule has 1 aliphatic rings. The van der Waals surface area contributed by atoms with Crippen LogP contribution in [-0.4, -0.2) is 30.1 Å². The van der Waals surface area contributed by atoms with E-state index in [1.165, 1.54) is 4.90 Å². The molecule has 2 aromatic rings. The van der Waals surface area contributed by atoms with Crippen molar-refractivity contribution in [2.75, 3.05) is 11.4 Å². The molecule has 1 atom stereocenters. The number of primary amides is 1. The number of fused-ring (bicyclic) bond motifs is 1. The highest BCUT2D eigenvalue weighted by molar-refractivity contribution is 6.32. The summed E-state index contributed by atoms with van der Waals surface area (Å²) in [6.45, 7) is 1.50. The quantitative estimate of drug-likeness (QED) is 0.930. The molecule has 2 N–H and O–H groups in total. The number of benzodiazepines with no additional fused rings is 1. The fourth-order valence-corrected chi connectivity index (χ4v) is 2.91. The van der Waals surface area contributed by atoms with Gasteiger partial charge in [-0.25, -0.2) is 0 Å². The van der Waals surface area contributed by atoms with Gasteiger partial charge in [0.25, 0.3) is 5.91 Å². The van der Waals surface area contributed by atoms with Gasteiger partial charge in [0.15, 0.2) is 0 Å². The summed E-state index contributed by atoms with van der Waals surface area (Å²) in [6.07, 6.45) is 0. The summed E-state index contributed by atoms with van der Waals surface area (Å²) in [4.78, 5) is 30.1. The van der Waals surface area contributed by atoms with Crippen LogP contribution in [0, 0.1) is 0 Å². The number of halogens is 1. The maximum absolute atomic E-state index is 12.7. The van der Waals surface area contributed by atoms with E-state index in [0.717, 1.165) is 5.56 Å². The molecule has 2 aromatic carbocycles. The zero-order valence-electron chi connectivity index (χ0n) is 13.1. The first-order chi connectivity index (χ1) is 11.5. The van der Waals surface area contributed by atoms with E-state index in [-0.39, 0.29) is 12.5 Å². The van der Waals surface area contributed by atoms with Crippen molar-refractivity contribution < 1.29 is 9.59 Å². The van der Waals surface area contributed by atoms with Gasteiger partial charge in [0.1, 0.15) is 12.6 Å². The van der Waals surface area contributed by atoms with Crippen molar-refractivity contribution in [1.82, 2.24) is 0 Å². The fourth-order valence-electron chi connectivity index (χ4n) is 2.74. The van der Waals surface area contributed by atoms with E-state index in [4.69, 9.17) is 17.3 Å². The SMILES string of the molecule is CC1N=C(c2ccccc2)c2cc(Cl)ccc2N(CC(N)=O)C1=O. The normalized spacial score (nSPS) is 17.1. The lowest BCUT2D eigenvalue weighted by atomic mass is 10.00. The number of hydrogen-bond acceptors (Lipinski definition) is 3. The molecule has 0 fully saturated rings. The average molecular weight is 342 g/mol. The van der Waals surface area contributed by atoms with Crippen molar-refractivity contribution in [3.05, 3.63) is 64.7 Å². The zero-order valence-corrected chi connectivity index (χ0v) is 13.8. The summed E-state index contributed by atoms with van der Waals surface area (Å²) >= 11 is 6.16. The molecule has 122 valence electrons. The molecule has 2 amide bonds. The van der Waals surface area contributed by atoms with Crippen molar-refractivity contribution in [3.63, 3.8) is 0 Å². The Morgan fingerprint density at radius 1 is 1.25 bits per heavy atom. The third-order valence-corrected chi connectivity index (χ3v) is 4.05. The summed E-state index contributed by atoms with van der Waals surface area (Å²) in [7, 11) is 0. The number of anilines is 1. The maximum atomic E-state index is 12.7. The third kappa shape index (κ3) is 3.03. The molecule has 0 spiro atoms. The van der Waals surface area contributed by atoms with Crippen LogP contribution in [0.3, 0.4) is 0 Å². The van der Waals surface area contributed by atoms with Crippen LogP contribution in [-0.2, 0) is 9.59 Å². The highest BCUT2D eigenvalue weighted by atomic mass is 35.5. The predicted octanol–water partition coefficient (Wildman–Crippen LogP) is 2.40. The number of carbonyl (C=O) groups is 2. The molecule has 0 aliphatic carbocycles. The molecule has 0 saturated carbocycles. The van der Waals surface area contributed by atoms with Gasteiger partial charge in [0.05, 0.1) is 11.4 Å². The number of nitrogens with zero attached hydrogens (tertiary/aromatic N) is 2. The fraction of sp³-hybridized carbons (Fsp3) is 0.167. The standard InChI is InChI=1S/C18H16ClN3O2/c1-11-18(24)22(10-16(20)23)15-8-7-13(19)9-14(15)17(21-11)12-5-3-2-4-6-12/h2-9,11H,10H2,1H3,(H2,20,23). The van der Waals surface area contributed by atoms with Crippen molar-refractivity contribution in [3.8, 4) is 0 Å². The van der Waals surface area contributed by atoms with Gasteiger partial charge in [-0.1, -0.05) is 41.9 Å². The largest absolute Gasteiger partial charge is 0.368 e. The summed E-state index contributed by atoms with van der Waals surface area (Å²) < 4.78 is 0. The molecule has 24 heavy (non-hydrogen) atoms. The van der Waals surface area contributed by atoms with Gasteiger partial charge in [-0.2, -0.15) is 0 Å². The first-order valence-corrected chi connectivity index (χ1v) is 7.88. The van der Waals surface area contributed by atoms with E-state index < -0.39 is 11.9 Å². The van der Waals surface area contributed by atoms with Crippen LogP contribution in [0.15, 0.2) is 53.5 Å². The van der Waals surface area contributed by atoms with Gasteiger partial charge < -0.3 is 10.6 Å². The second-order valence-electron chi connectivity index (χ2n) is 5.57. The zero-order chi connectivity index (χ0) is 17.3. The smallest absolute Gasteiger partial charge is 0.252 e. The first-order valence-electron chi connectivity index (χ1n) is 7.50. The number of aliphatic imine (C=N–C) groups is 1. The Morgan fingerprint density at radius 3 is 2.62 bits per heavy atom. The van der Waals surface area contributed by atoms with Gasteiger partial charge in [0.2, 0.25) is 5.91 Å². The van der Waals surface area contributed by atoms with Crippen LogP contribution in [0.4, 0.5) is 5.69 Å². The molecule has 1 aliphatic heterocycles. The monoisotopic (exact) mass is 341 g/mol. The number of nitrogens with two attached hydrogens (primary N) is 1. The minimum Gasteiger partial charge on any atom is -0.368 e. The summed E-state index contributed by atoms with van der Waals surface area (Å²) in [5.41, 5.74) is 8.14. The van der Waals surface area contributed by atoms with Gasteiger partial charge >= 0.3 is 0 Å². The van der Waals surface area contributed by atoms with Crippen LogP contribution >= 0.6 is 11.6 Å². The van der Waals surface area contributed by atoms with Crippen LogP contribution in [0.1, 0.15) is 18.1 Å². The second kappa shape index (κ2) is 6.45. The maximum Gasteiger partial charge on any atom is 0.252 e. The first kappa shape index (κ1) is 16.2. The Hall–Kier alpha value is -2.66. The van der Waals surface area contributed by atoms with Gasteiger partial charge in [-0.3, -0.25) is 14.6 Å². The third-order valence-electron chi connectivity index (χ3n) is 3.81. The lowest BCUT2D eigenvalue weighted by Gasteiger charge is -2.23. The molecule has 1 unspecified atom stereocenters. The van der Waals surface area contributed by atoms with E-state index >= 15 is 0 Å². The van der Waals surface area contributed by atoms with Crippen LogP contribution in [0.2, 0.25) is 5.02 Å². The van der Waals surface area contributed by atoms with E-state index in [2.05, 4.69) is 4.99 Å². The molecule has 0 bridgehead atoms. The highest BCUT2D eigenvalue weighted by Gasteiger charge is 2.30. The number of carbonyl (C=O) groups excluding carboxylic acids is 2. The van der Waals surface area contributed by atoms with Gasteiger partial charge in [-0.05, 0) is 25.1 Å². The van der Waals surface area contributed by atoms with Crippen LogP contribution in [0.5, 0.6) is 0 Å². The van der Waals surface area contributed by atoms with Crippen LogP contribution < -0.4 is 10.6 Å². The molecular formula is C18H16ClN3O2. The van der Waals surface area contributed by atoms with Crippen molar-refractivity contribution in [2.24, 2.45) is 10.7 Å². The second-order valence-corrected chi connectivity index (χ2v) is 6.01. The van der Waals surface area contributed by atoms with Crippen molar-refractivity contribution in [1.29, 1.82) is 0 Å². The summed E-state index contributed by atoms with van der Waals surface area (Å²) in [6, 6.07) is 14.1. The Labute approximate surface area is 144 Å². The Kier molecular flexibility index (Phi) is 4.36. The highest BCUT2D eigenvalue weighted by Crippen LogP contribution is 2.30. The van der Waals surface area contributed by atoms with Gasteiger partial charge in [-0.15, -0.1) is 0 Å². The van der Waals surface area contributed by atoms with Crippen LogP contribution in [0.25, 0.3) is 0 Å². The minimum atomic E-state index is -0.634. The van der Waals surface area contributed by atoms with Gasteiger partial charge in [0, 0.05) is 16.1 Å². The predicted molar refractivity (Wildman–Crippen MR) is 94.5 cm³/mol. The molecule has 3 rings (SSSR count). The molecule has 5 nitrogen and oxygen atoms in total. The van der Waals surface area contributed by atoms with E-state index in [9.17, 15) is 9.59 Å². The molecule has 0 radical (unpaired) electrons. The number of rotatable bonds is 3. The molecular weight excluding hydrogens is 326 g/mol. The van der Waals surface area contributed by atoms with E-state index in [0.29, 0.717) is 22.0 Å². The van der Waals surface area contributed by atoms with Crippen molar-refractivity contribution >= 4 is 34.8 Å². The molecule has 1 heterocycles. The summed E-state index contributed by atoms with van der Waals surface area (Å²) in [5, 5.41) is 0.526. The van der Waals surface area contributed by atoms with E-state index in [1.807, 2.05) is 30.3 Å². The topological polar surface area (TPSA) is 75.8 Å². The number of amides is 2. The average Bonchev–Trinajstić information content (AvgIpc) is 2.66.